The molecule has 0 spiro atoms. The number of aromatic nitrogens is 3. The summed E-state index contributed by atoms with van der Waals surface area (Å²) in [5.41, 5.74) is 6.33. The van der Waals surface area contributed by atoms with Crippen LogP contribution in [0.4, 0.5) is 5.69 Å². The van der Waals surface area contributed by atoms with Crippen LogP contribution >= 0.6 is 23.1 Å². The van der Waals surface area contributed by atoms with Crippen LogP contribution in [0.5, 0.6) is 0 Å². The fourth-order valence-corrected chi connectivity index (χ4v) is 4.54. The van der Waals surface area contributed by atoms with Gasteiger partial charge in [0.1, 0.15) is 0 Å². The summed E-state index contributed by atoms with van der Waals surface area (Å²) in [4.78, 5) is 36.2. The van der Waals surface area contributed by atoms with Gasteiger partial charge in [0.25, 0.3) is 0 Å². The Balaban J connectivity index is 1.56. The molecule has 31 heavy (non-hydrogen) atoms. The minimum Gasteiger partial charge on any atom is -0.370 e. The Hall–Kier alpha value is -2.98. The lowest BCUT2D eigenvalue weighted by atomic mass is 10.1. The molecule has 3 rings (SSSR count). The Labute approximate surface area is 188 Å². The highest BCUT2D eigenvalue weighted by Gasteiger charge is 2.16. The lowest BCUT2D eigenvalue weighted by molar-refractivity contribution is -0.118. The van der Waals surface area contributed by atoms with Crippen LogP contribution in [-0.4, -0.2) is 38.1 Å². The van der Waals surface area contributed by atoms with Gasteiger partial charge in [-0.05, 0) is 36.9 Å². The average molecular weight is 458 g/mol. The number of ketones is 1. The van der Waals surface area contributed by atoms with E-state index in [1.54, 1.807) is 35.6 Å². The lowest BCUT2D eigenvalue weighted by Gasteiger charge is -2.09. The number of benzene rings is 1. The first-order chi connectivity index (χ1) is 15.0. The zero-order chi connectivity index (χ0) is 22.2. The van der Waals surface area contributed by atoms with E-state index in [0.717, 1.165) is 4.88 Å². The van der Waals surface area contributed by atoms with Gasteiger partial charge in [0, 0.05) is 30.7 Å². The minimum atomic E-state index is -0.385. The molecule has 3 aromatic rings. The molecule has 0 aliphatic rings. The number of Topliss-reactive ketones (excluding diaryl/α,β-unsaturated/α-hetero) is 1. The van der Waals surface area contributed by atoms with E-state index in [9.17, 15) is 14.4 Å². The molecule has 3 N–H and O–H groups in total. The van der Waals surface area contributed by atoms with Crippen molar-refractivity contribution in [1.29, 1.82) is 0 Å². The van der Waals surface area contributed by atoms with E-state index in [1.807, 2.05) is 22.1 Å². The van der Waals surface area contributed by atoms with Gasteiger partial charge in [0.2, 0.25) is 11.8 Å². The van der Waals surface area contributed by atoms with E-state index >= 15 is 0 Å². The van der Waals surface area contributed by atoms with E-state index in [-0.39, 0.29) is 24.0 Å². The number of nitrogens with zero attached hydrogens (tertiary/aromatic N) is 3. The number of nitrogens with two attached hydrogens (primary N) is 1. The van der Waals surface area contributed by atoms with Gasteiger partial charge >= 0.3 is 0 Å². The van der Waals surface area contributed by atoms with Crippen LogP contribution in [0.15, 0.2) is 46.9 Å². The zero-order valence-corrected chi connectivity index (χ0v) is 18.7. The van der Waals surface area contributed by atoms with Gasteiger partial charge in [-0.3, -0.25) is 14.4 Å². The fourth-order valence-electron chi connectivity index (χ4n) is 2.92. The molecule has 0 aliphatic heterocycles. The number of rotatable bonds is 11. The molecule has 0 atom stereocenters. The second kappa shape index (κ2) is 10.9. The number of thiophene rings is 1. The van der Waals surface area contributed by atoms with E-state index in [0.29, 0.717) is 47.4 Å². The van der Waals surface area contributed by atoms with Crippen molar-refractivity contribution in [1.82, 2.24) is 14.8 Å². The van der Waals surface area contributed by atoms with Gasteiger partial charge in [-0.2, -0.15) is 0 Å². The monoisotopic (exact) mass is 457 g/mol. The molecular weight excluding hydrogens is 434 g/mol. The second-order valence-electron chi connectivity index (χ2n) is 6.75. The molecular formula is C21H23N5O3S2. The molecule has 0 radical (unpaired) electrons. The maximum Gasteiger partial charge on any atom is 0.224 e. The largest absolute Gasteiger partial charge is 0.370 e. The van der Waals surface area contributed by atoms with Crippen molar-refractivity contribution in [3.63, 3.8) is 0 Å². The number of nitrogens with one attached hydrogen (secondary N) is 1. The molecule has 1 aromatic carbocycles. The molecule has 2 aromatic heterocycles. The number of carbonyl (C=O) groups is 3. The summed E-state index contributed by atoms with van der Waals surface area (Å²) in [5.74, 6) is 0.731. The van der Waals surface area contributed by atoms with Gasteiger partial charge in [-0.15, -0.1) is 21.5 Å². The minimum absolute atomic E-state index is 0.0942. The predicted octanol–water partition coefficient (Wildman–Crippen LogP) is 3.60. The van der Waals surface area contributed by atoms with Gasteiger partial charge in [0.15, 0.2) is 16.8 Å². The average Bonchev–Trinajstić information content (AvgIpc) is 3.39. The van der Waals surface area contributed by atoms with Crippen molar-refractivity contribution in [2.45, 2.75) is 37.9 Å². The first-order valence-corrected chi connectivity index (χ1v) is 11.6. The SMILES string of the molecule is CC(=O)c1ccccc1NC(=O)CCCSc1nnc(-c2cccs2)n1CCC(N)=O. The number of thioether (sulfide) groups is 1. The van der Waals surface area contributed by atoms with E-state index in [1.165, 1.54) is 18.7 Å². The van der Waals surface area contributed by atoms with Crippen LogP contribution in [0.25, 0.3) is 10.7 Å². The Morgan fingerprint density at radius 2 is 1.94 bits per heavy atom. The maximum absolute atomic E-state index is 12.3. The van der Waals surface area contributed by atoms with Crippen LogP contribution in [0.1, 0.15) is 36.5 Å². The van der Waals surface area contributed by atoms with Gasteiger partial charge in [0.05, 0.1) is 10.6 Å². The number of para-hydroxylation sites is 1. The highest BCUT2D eigenvalue weighted by molar-refractivity contribution is 7.99. The third-order valence-electron chi connectivity index (χ3n) is 4.40. The maximum atomic E-state index is 12.3. The first-order valence-electron chi connectivity index (χ1n) is 9.73. The number of hydrogen-bond donors (Lipinski definition) is 2. The molecule has 8 nitrogen and oxygen atoms in total. The zero-order valence-electron chi connectivity index (χ0n) is 17.0. The smallest absolute Gasteiger partial charge is 0.224 e. The first kappa shape index (κ1) is 22.7. The third kappa shape index (κ3) is 6.25. The van der Waals surface area contributed by atoms with Crippen LogP contribution in [0.3, 0.4) is 0 Å². The molecule has 2 amide bonds. The standard InChI is InChI=1S/C21H23N5O3S2/c1-14(27)15-6-2-3-7-16(15)23-19(29)9-5-13-31-21-25-24-20(17-8-4-12-30-17)26(21)11-10-18(22)28/h2-4,6-8,12H,5,9-11,13H2,1H3,(H2,22,28)(H,23,29). The fraction of sp³-hybridized carbons (Fsp3) is 0.286. The molecule has 0 bridgehead atoms. The summed E-state index contributed by atoms with van der Waals surface area (Å²) in [5, 5.41) is 14.0. The van der Waals surface area contributed by atoms with Crippen LogP contribution in [0.2, 0.25) is 0 Å². The normalized spacial score (nSPS) is 10.7. The second-order valence-corrected chi connectivity index (χ2v) is 8.76. The summed E-state index contributed by atoms with van der Waals surface area (Å²) in [7, 11) is 0. The molecule has 10 heteroatoms. The topological polar surface area (TPSA) is 120 Å². The van der Waals surface area contributed by atoms with Crippen molar-refractivity contribution in [3.8, 4) is 10.7 Å². The molecule has 0 saturated carbocycles. The van der Waals surface area contributed by atoms with Gasteiger partial charge < -0.3 is 15.6 Å². The summed E-state index contributed by atoms with van der Waals surface area (Å²) in [6, 6.07) is 10.8. The summed E-state index contributed by atoms with van der Waals surface area (Å²) in [6.45, 7) is 1.88. The molecule has 0 fully saturated rings. The number of anilines is 1. The number of amides is 2. The van der Waals surface area contributed by atoms with Crippen molar-refractivity contribution >= 4 is 46.4 Å². The number of hydrogen-bond acceptors (Lipinski definition) is 7. The van der Waals surface area contributed by atoms with E-state index in [4.69, 9.17) is 5.73 Å². The lowest BCUT2D eigenvalue weighted by Crippen LogP contribution is -2.15. The predicted molar refractivity (Wildman–Crippen MR) is 122 cm³/mol. The van der Waals surface area contributed by atoms with E-state index < -0.39 is 0 Å². The molecule has 162 valence electrons. The Kier molecular flexibility index (Phi) is 7.96. The van der Waals surface area contributed by atoms with Crippen LogP contribution < -0.4 is 11.1 Å². The quantitative estimate of drug-likeness (QED) is 0.258. The number of primary amides is 1. The van der Waals surface area contributed by atoms with Gasteiger partial charge in [-0.25, -0.2) is 0 Å². The van der Waals surface area contributed by atoms with Crippen molar-refractivity contribution in [2.24, 2.45) is 5.73 Å². The Morgan fingerprint density at radius 1 is 1.13 bits per heavy atom. The molecule has 0 saturated heterocycles. The third-order valence-corrected chi connectivity index (χ3v) is 6.32. The van der Waals surface area contributed by atoms with Crippen molar-refractivity contribution in [3.05, 3.63) is 47.3 Å². The molecule has 2 heterocycles. The molecule has 0 unspecified atom stereocenters. The Morgan fingerprint density at radius 3 is 2.65 bits per heavy atom. The van der Waals surface area contributed by atoms with Crippen molar-refractivity contribution < 1.29 is 14.4 Å². The Bertz CT molecular complexity index is 1060. The summed E-state index contributed by atoms with van der Waals surface area (Å²) in [6.07, 6.45) is 1.13. The van der Waals surface area contributed by atoms with Crippen LogP contribution in [-0.2, 0) is 16.1 Å². The van der Waals surface area contributed by atoms with Crippen LogP contribution in [0, 0.1) is 0 Å². The summed E-state index contributed by atoms with van der Waals surface area (Å²) >= 11 is 3.03. The van der Waals surface area contributed by atoms with Crippen molar-refractivity contribution in [2.75, 3.05) is 11.1 Å². The molecule has 0 aliphatic carbocycles. The summed E-state index contributed by atoms with van der Waals surface area (Å²) < 4.78 is 1.89. The highest BCUT2D eigenvalue weighted by Crippen LogP contribution is 2.28. The van der Waals surface area contributed by atoms with E-state index in [2.05, 4.69) is 15.5 Å². The number of carbonyl (C=O) groups excluding carboxylic acids is 3. The van der Waals surface area contributed by atoms with Gasteiger partial charge in [-0.1, -0.05) is 30.0 Å². The highest BCUT2D eigenvalue weighted by atomic mass is 32.2.